The van der Waals surface area contributed by atoms with Crippen molar-refractivity contribution < 1.29 is 4.74 Å². The molecule has 3 heteroatoms. The van der Waals surface area contributed by atoms with Crippen LogP contribution >= 0.6 is 11.6 Å². The van der Waals surface area contributed by atoms with Crippen molar-refractivity contribution in [3.63, 3.8) is 0 Å². The van der Waals surface area contributed by atoms with E-state index in [1.807, 2.05) is 12.1 Å². The molecule has 1 heterocycles. The number of rotatable bonds is 3. The Labute approximate surface area is 126 Å². The van der Waals surface area contributed by atoms with Crippen molar-refractivity contribution in [3.05, 3.63) is 28.3 Å². The average Bonchev–Trinajstić information content (AvgIpc) is 2.85. The van der Waals surface area contributed by atoms with Gasteiger partial charge in [0.05, 0.1) is 6.61 Å². The lowest BCUT2D eigenvalue weighted by Gasteiger charge is -2.34. The maximum absolute atomic E-state index is 6.20. The second-order valence-electron chi connectivity index (χ2n) is 6.97. The van der Waals surface area contributed by atoms with E-state index in [1.165, 1.54) is 36.8 Å². The molecule has 1 N–H and O–H groups in total. The molecule has 0 saturated heterocycles. The third kappa shape index (κ3) is 3.12. The zero-order valence-electron chi connectivity index (χ0n) is 12.5. The Morgan fingerprint density at radius 1 is 1.30 bits per heavy atom. The fourth-order valence-corrected chi connectivity index (χ4v) is 3.60. The molecule has 3 rings (SSSR count). The Morgan fingerprint density at radius 2 is 2.05 bits per heavy atom. The highest BCUT2D eigenvalue weighted by Gasteiger charge is 2.27. The van der Waals surface area contributed by atoms with Crippen molar-refractivity contribution in [2.75, 3.05) is 6.61 Å². The van der Waals surface area contributed by atoms with Crippen LogP contribution in [0.5, 0.6) is 5.75 Å². The number of ether oxygens (including phenoxy) is 1. The predicted octanol–water partition coefficient (Wildman–Crippen LogP) is 4.33. The molecule has 0 atom stereocenters. The van der Waals surface area contributed by atoms with Crippen LogP contribution in [0, 0.1) is 5.41 Å². The summed E-state index contributed by atoms with van der Waals surface area (Å²) in [5, 5.41) is 4.52. The third-order valence-corrected chi connectivity index (χ3v) is 4.96. The number of hydrogen-bond acceptors (Lipinski definition) is 2. The van der Waals surface area contributed by atoms with Crippen molar-refractivity contribution >= 4 is 11.6 Å². The number of halogens is 1. The monoisotopic (exact) mass is 293 g/mol. The molecule has 0 radical (unpaired) electrons. The maximum Gasteiger partial charge on any atom is 0.127 e. The lowest BCUT2D eigenvalue weighted by molar-refractivity contribution is 0.205. The summed E-state index contributed by atoms with van der Waals surface area (Å²) >= 11 is 6.20. The van der Waals surface area contributed by atoms with Gasteiger partial charge in [0, 0.05) is 29.6 Å². The minimum Gasteiger partial charge on any atom is -0.493 e. The predicted molar refractivity (Wildman–Crippen MR) is 83.5 cm³/mol. The first-order valence-electron chi connectivity index (χ1n) is 7.71. The first kappa shape index (κ1) is 14.2. The fraction of sp³-hybridized carbons (Fsp3) is 0.647. The molecular formula is C17H24ClNO. The second-order valence-corrected chi connectivity index (χ2v) is 7.41. The standard InChI is InChI=1S/C17H24ClNO/c1-17(2)6-3-15(4-7-17)19-11-13-10-14(18)9-12-5-8-20-16(12)13/h9-10,15,19H,3-8,11H2,1-2H3. The normalized spacial score (nSPS) is 21.6. The highest BCUT2D eigenvalue weighted by Crippen LogP contribution is 2.36. The van der Waals surface area contributed by atoms with E-state index in [2.05, 4.69) is 19.2 Å². The topological polar surface area (TPSA) is 21.3 Å². The molecule has 0 unspecified atom stereocenters. The summed E-state index contributed by atoms with van der Waals surface area (Å²) in [6.07, 6.45) is 6.16. The number of benzene rings is 1. The highest BCUT2D eigenvalue weighted by atomic mass is 35.5. The van der Waals surface area contributed by atoms with Crippen LogP contribution in [0.25, 0.3) is 0 Å². The van der Waals surface area contributed by atoms with Gasteiger partial charge in [-0.15, -0.1) is 0 Å². The van der Waals surface area contributed by atoms with Crippen LogP contribution in [-0.2, 0) is 13.0 Å². The summed E-state index contributed by atoms with van der Waals surface area (Å²) < 4.78 is 5.76. The van der Waals surface area contributed by atoms with Crippen LogP contribution in [0.2, 0.25) is 5.02 Å². The Balaban J connectivity index is 1.62. The van der Waals surface area contributed by atoms with Gasteiger partial charge in [-0.1, -0.05) is 25.4 Å². The molecule has 0 bridgehead atoms. The number of fused-ring (bicyclic) bond motifs is 1. The third-order valence-electron chi connectivity index (χ3n) is 4.75. The zero-order chi connectivity index (χ0) is 14.2. The van der Waals surface area contributed by atoms with E-state index in [-0.39, 0.29) is 0 Å². The van der Waals surface area contributed by atoms with Gasteiger partial charge < -0.3 is 10.1 Å². The Morgan fingerprint density at radius 3 is 2.80 bits per heavy atom. The summed E-state index contributed by atoms with van der Waals surface area (Å²) in [4.78, 5) is 0. The van der Waals surface area contributed by atoms with Gasteiger partial charge in [0.1, 0.15) is 5.75 Å². The smallest absolute Gasteiger partial charge is 0.127 e. The van der Waals surface area contributed by atoms with Gasteiger partial charge in [-0.3, -0.25) is 0 Å². The average molecular weight is 294 g/mol. The van der Waals surface area contributed by atoms with Crippen LogP contribution in [0.4, 0.5) is 0 Å². The summed E-state index contributed by atoms with van der Waals surface area (Å²) in [6.45, 7) is 6.41. The lowest BCUT2D eigenvalue weighted by Crippen LogP contribution is -2.35. The van der Waals surface area contributed by atoms with Crippen molar-refractivity contribution in [1.29, 1.82) is 0 Å². The quantitative estimate of drug-likeness (QED) is 0.895. The molecule has 2 aliphatic rings. The van der Waals surface area contributed by atoms with Crippen LogP contribution in [0.15, 0.2) is 12.1 Å². The first-order chi connectivity index (χ1) is 9.53. The molecule has 2 nitrogen and oxygen atoms in total. The van der Waals surface area contributed by atoms with Crippen LogP contribution in [0.1, 0.15) is 50.7 Å². The van der Waals surface area contributed by atoms with E-state index in [9.17, 15) is 0 Å². The summed E-state index contributed by atoms with van der Waals surface area (Å²) in [6, 6.07) is 4.72. The van der Waals surface area contributed by atoms with Crippen molar-refractivity contribution in [1.82, 2.24) is 5.32 Å². The largest absolute Gasteiger partial charge is 0.493 e. The van der Waals surface area contributed by atoms with Crippen LogP contribution < -0.4 is 10.1 Å². The van der Waals surface area contributed by atoms with Gasteiger partial charge in [0.15, 0.2) is 0 Å². The molecule has 1 aliphatic carbocycles. The molecule has 20 heavy (non-hydrogen) atoms. The van der Waals surface area contributed by atoms with E-state index in [4.69, 9.17) is 16.3 Å². The molecule has 0 amide bonds. The SMILES string of the molecule is CC1(C)CCC(NCc2cc(Cl)cc3c2OCC3)CC1. The maximum atomic E-state index is 6.20. The molecule has 0 spiro atoms. The first-order valence-corrected chi connectivity index (χ1v) is 8.09. The molecule has 1 aromatic carbocycles. The van der Waals surface area contributed by atoms with Crippen molar-refractivity contribution in [3.8, 4) is 5.75 Å². The number of nitrogens with one attached hydrogen (secondary N) is 1. The Bertz CT molecular complexity index is 488. The van der Waals surface area contributed by atoms with Gasteiger partial charge in [-0.25, -0.2) is 0 Å². The Kier molecular flexibility index (Phi) is 3.96. The summed E-state index contributed by atoms with van der Waals surface area (Å²) in [5.41, 5.74) is 3.01. The second kappa shape index (κ2) is 5.57. The zero-order valence-corrected chi connectivity index (χ0v) is 13.2. The highest BCUT2D eigenvalue weighted by molar-refractivity contribution is 6.30. The van der Waals surface area contributed by atoms with Gasteiger partial charge in [-0.2, -0.15) is 0 Å². The van der Waals surface area contributed by atoms with Gasteiger partial charge in [0.2, 0.25) is 0 Å². The van der Waals surface area contributed by atoms with E-state index in [0.717, 1.165) is 30.3 Å². The summed E-state index contributed by atoms with van der Waals surface area (Å²) in [5.74, 6) is 1.07. The molecule has 1 fully saturated rings. The van der Waals surface area contributed by atoms with Gasteiger partial charge in [-0.05, 0) is 48.8 Å². The molecule has 1 aromatic rings. The molecule has 0 aromatic heterocycles. The van der Waals surface area contributed by atoms with E-state index in [1.54, 1.807) is 0 Å². The molecule has 1 aliphatic heterocycles. The summed E-state index contributed by atoms with van der Waals surface area (Å²) in [7, 11) is 0. The van der Waals surface area contributed by atoms with Crippen LogP contribution in [-0.4, -0.2) is 12.6 Å². The molecule has 1 saturated carbocycles. The fourth-order valence-electron chi connectivity index (χ4n) is 3.34. The van der Waals surface area contributed by atoms with E-state index < -0.39 is 0 Å². The lowest BCUT2D eigenvalue weighted by atomic mass is 9.75. The minimum absolute atomic E-state index is 0.526. The minimum atomic E-state index is 0.526. The Hall–Kier alpha value is -0.730. The van der Waals surface area contributed by atoms with Gasteiger partial charge in [0.25, 0.3) is 0 Å². The van der Waals surface area contributed by atoms with Gasteiger partial charge >= 0.3 is 0 Å². The van der Waals surface area contributed by atoms with E-state index in [0.29, 0.717) is 11.5 Å². The molecule has 110 valence electrons. The van der Waals surface area contributed by atoms with Crippen LogP contribution in [0.3, 0.4) is 0 Å². The van der Waals surface area contributed by atoms with Crippen molar-refractivity contribution in [2.24, 2.45) is 5.41 Å². The van der Waals surface area contributed by atoms with Crippen molar-refractivity contribution in [2.45, 2.75) is 58.5 Å². The number of hydrogen-bond donors (Lipinski definition) is 1. The van der Waals surface area contributed by atoms with E-state index >= 15 is 0 Å². The molecular weight excluding hydrogens is 270 g/mol.